The second-order valence-corrected chi connectivity index (χ2v) is 8.12. The third-order valence-electron chi connectivity index (χ3n) is 4.58. The van der Waals surface area contributed by atoms with Crippen LogP contribution in [0.25, 0.3) is 22.5 Å². The zero-order valence-corrected chi connectivity index (χ0v) is 16.8. The first kappa shape index (κ1) is 19.1. The van der Waals surface area contributed by atoms with Crippen LogP contribution in [0.4, 0.5) is 0 Å². The summed E-state index contributed by atoms with van der Waals surface area (Å²) in [6.07, 6.45) is 2.89. The van der Waals surface area contributed by atoms with Gasteiger partial charge in [0, 0.05) is 40.4 Å². The minimum atomic E-state index is -0.396. The van der Waals surface area contributed by atoms with Gasteiger partial charge in [0.25, 0.3) is 5.56 Å². The molecule has 5 nitrogen and oxygen atoms in total. The van der Waals surface area contributed by atoms with E-state index in [9.17, 15) is 9.59 Å². The molecule has 0 bridgehead atoms. The van der Waals surface area contributed by atoms with E-state index in [0.717, 1.165) is 16.7 Å². The summed E-state index contributed by atoms with van der Waals surface area (Å²) in [7, 11) is 0. The van der Waals surface area contributed by atoms with Crippen LogP contribution in [0.15, 0.2) is 40.2 Å². The van der Waals surface area contributed by atoms with Crippen molar-refractivity contribution < 1.29 is 0 Å². The second kappa shape index (κ2) is 6.82. The van der Waals surface area contributed by atoms with Crippen LogP contribution in [0, 0.1) is 13.8 Å². The highest BCUT2D eigenvalue weighted by molar-refractivity contribution is 6.31. The molecule has 0 aliphatic carbocycles. The maximum atomic E-state index is 12.8. The number of hydrogen-bond donors (Lipinski definition) is 2. The van der Waals surface area contributed by atoms with E-state index in [1.807, 2.05) is 13.0 Å². The fraction of sp³-hybridized carbons (Fsp3) is 0.286. The standard InChI is InChI=1S/C21H22ClN3O2/c1-11-8-14(21(3,4)5)15(22)9-13(11)16-10-17(26)18(12(2)25-16)19-20(27)24-7-6-23-19/h6-10H,1-5H3,(H,24,27)(H,25,26). The topological polar surface area (TPSA) is 78.6 Å². The molecule has 0 amide bonds. The average molecular weight is 384 g/mol. The summed E-state index contributed by atoms with van der Waals surface area (Å²) < 4.78 is 0. The summed E-state index contributed by atoms with van der Waals surface area (Å²) in [5.41, 5.74) is 3.82. The molecule has 6 heteroatoms. The molecular weight excluding hydrogens is 362 g/mol. The number of aromatic nitrogens is 3. The molecule has 0 fully saturated rings. The molecule has 3 rings (SSSR count). The van der Waals surface area contributed by atoms with Gasteiger partial charge in [0.15, 0.2) is 5.43 Å². The Balaban J connectivity index is 2.19. The largest absolute Gasteiger partial charge is 0.358 e. The molecule has 0 aliphatic rings. The lowest BCUT2D eigenvalue weighted by Crippen LogP contribution is -2.18. The lowest BCUT2D eigenvalue weighted by molar-refractivity contribution is 0.590. The number of benzene rings is 1. The van der Waals surface area contributed by atoms with Crippen molar-refractivity contribution in [3.63, 3.8) is 0 Å². The van der Waals surface area contributed by atoms with E-state index < -0.39 is 5.56 Å². The number of halogens is 1. The first-order chi connectivity index (χ1) is 12.6. The molecule has 1 aromatic carbocycles. The van der Waals surface area contributed by atoms with Gasteiger partial charge in [-0.1, -0.05) is 38.4 Å². The van der Waals surface area contributed by atoms with E-state index in [4.69, 9.17) is 11.6 Å². The van der Waals surface area contributed by atoms with Gasteiger partial charge in [0.05, 0.1) is 5.56 Å². The van der Waals surface area contributed by atoms with E-state index in [2.05, 4.69) is 41.8 Å². The lowest BCUT2D eigenvalue weighted by Gasteiger charge is -2.22. The van der Waals surface area contributed by atoms with Crippen molar-refractivity contribution in [3.05, 3.63) is 73.0 Å². The summed E-state index contributed by atoms with van der Waals surface area (Å²) in [6, 6.07) is 5.43. The van der Waals surface area contributed by atoms with E-state index in [1.165, 1.54) is 18.5 Å². The van der Waals surface area contributed by atoms with Crippen molar-refractivity contribution >= 4 is 11.6 Å². The Kier molecular flexibility index (Phi) is 4.82. The zero-order valence-electron chi connectivity index (χ0n) is 16.0. The number of nitrogens with one attached hydrogen (secondary N) is 2. The summed E-state index contributed by atoms with van der Waals surface area (Å²) in [6.45, 7) is 10.1. The summed E-state index contributed by atoms with van der Waals surface area (Å²) >= 11 is 6.52. The van der Waals surface area contributed by atoms with Crippen LogP contribution in [0.1, 0.15) is 37.6 Å². The van der Waals surface area contributed by atoms with Crippen LogP contribution in [-0.4, -0.2) is 15.0 Å². The van der Waals surface area contributed by atoms with Crippen LogP contribution in [0.3, 0.4) is 0 Å². The van der Waals surface area contributed by atoms with Gasteiger partial charge in [0.2, 0.25) is 0 Å². The van der Waals surface area contributed by atoms with Gasteiger partial charge in [-0.2, -0.15) is 0 Å². The summed E-state index contributed by atoms with van der Waals surface area (Å²) in [4.78, 5) is 34.6. The SMILES string of the molecule is Cc1cc(C(C)(C)C)c(Cl)cc1-c1cc(=O)c(-c2ncc[nH]c2=O)c(C)[nH]1. The zero-order chi connectivity index (χ0) is 19.9. The van der Waals surface area contributed by atoms with Gasteiger partial charge in [-0.15, -0.1) is 0 Å². The third kappa shape index (κ3) is 3.60. The monoisotopic (exact) mass is 383 g/mol. The van der Waals surface area contributed by atoms with Crippen LogP contribution < -0.4 is 11.0 Å². The fourth-order valence-corrected chi connectivity index (χ4v) is 3.65. The Bertz CT molecular complexity index is 1140. The van der Waals surface area contributed by atoms with Gasteiger partial charge in [0.1, 0.15) is 5.69 Å². The first-order valence-corrected chi connectivity index (χ1v) is 9.06. The lowest BCUT2D eigenvalue weighted by atomic mass is 9.85. The van der Waals surface area contributed by atoms with Crippen molar-refractivity contribution in [2.75, 3.05) is 0 Å². The number of hydrogen-bond acceptors (Lipinski definition) is 3. The minimum Gasteiger partial charge on any atom is -0.358 e. The molecule has 0 saturated carbocycles. The van der Waals surface area contributed by atoms with Gasteiger partial charge >= 0.3 is 0 Å². The maximum Gasteiger partial charge on any atom is 0.274 e. The molecule has 2 heterocycles. The van der Waals surface area contributed by atoms with Crippen molar-refractivity contribution in [1.29, 1.82) is 0 Å². The quantitative estimate of drug-likeness (QED) is 0.690. The highest BCUT2D eigenvalue weighted by Gasteiger charge is 2.20. The van der Waals surface area contributed by atoms with Crippen molar-refractivity contribution in [2.45, 2.75) is 40.0 Å². The highest BCUT2D eigenvalue weighted by Crippen LogP contribution is 2.35. The molecule has 0 radical (unpaired) electrons. The number of rotatable bonds is 2. The normalized spacial score (nSPS) is 11.6. The Hall–Kier alpha value is -2.66. The Morgan fingerprint density at radius 2 is 1.78 bits per heavy atom. The fourth-order valence-electron chi connectivity index (χ4n) is 3.20. The van der Waals surface area contributed by atoms with E-state index in [-0.39, 0.29) is 22.1 Å². The smallest absolute Gasteiger partial charge is 0.274 e. The molecular formula is C21H22ClN3O2. The number of aryl methyl sites for hydroxylation is 2. The van der Waals surface area contributed by atoms with Gasteiger partial charge < -0.3 is 9.97 Å². The van der Waals surface area contributed by atoms with Crippen molar-refractivity contribution in [2.24, 2.45) is 0 Å². The predicted octanol–water partition coefficient (Wildman–Crippen LogP) is 4.36. The Morgan fingerprint density at radius 3 is 2.37 bits per heavy atom. The van der Waals surface area contributed by atoms with E-state index in [1.54, 1.807) is 6.92 Å². The van der Waals surface area contributed by atoms with Crippen LogP contribution in [0.5, 0.6) is 0 Å². The number of nitrogens with zero attached hydrogens (tertiary/aromatic N) is 1. The first-order valence-electron chi connectivity index (χ1n) is 8.68. The summed E-state index contributed by atoms with van der Waals surface area (Å²) in [5, 5.41) is 0.659. The second-order valence-electron chi connectivity index (χ2n) is 7.71. The van der Waals surface area contributed by atoms with Crippen LogP contribution >= 0.6 is 11.6 Å². The summed E-state index contributed by atoms with van der Waals surface area (Å²) in [5.74, 6) is 0. The molecule has 3 aromatic rings. The maximum absolute atomic E-state index is 12.8. The highest BCUT2D eigenvalue weighted by atomic mass is 35.5. The number of H-pyrrole nitrogens is 2. The van der Waals surface area contributed by atoms with Crippen molar-refractivity contribution in [1.82, 2.24) is 15.0 Å². The number of pyridine rings is 1. The van der Waals surface area contributed by atoms with Crippen molar-refractivity contribution in [3.8, 4) is 22.5 Å². The Morgan fingerprint density at radius 1 is 1.07 bits per heavy atom. The molecule has 0 spiro atoms. The van der Waals surface area contributed by atoms with E-state index >= 15 is 0 Å². The van der Waals surface area contributed by atoms with E-state index in [0.29, 0.717) is 16.4 Å². The minimum absolute atomic E-state index is 0.0758. The van der Waals surface area contributed by atoms with Crippen LogP contribution in [0.2, 0.25) is 5.02 Å². The molecule has 0 unspecified atom stereocenters. The molecule has 0 aliphatic heterocycles. The molecule has 27 heavy (non-hydrogen) atoms. The average Bonchev–Trinajstić information content (AvgIpc) is 2.56. The molecule has 140 valence electrons. The van der Waals surface area contributed by atoms with Gasteiger partial charge in [-0.05, 0) is 36.5 Å². The molecule has 2 N–H and O–H groups in total. The number of aromatic amines is 2. The molecule has 2 aromatic heterocycles. The van der Waals surface area contributed by atoms with Crippen LogP contribution in [-0.2, 0) is 5.41 Å². The third-order valence-corrected chi connectivity index (χ3v) is 4.89. The molecule has 0 atom stereocenters. The van der Waals surface area contributed by atoms with Gasteiger partial charge in [-0.3, -0.25) is 9.59 Å². The molecule has 0 saturated heterocycles. The Labute approximate surface area is 162 Å². The predicted molar refractivity (Wildman–Crippen MR) is 110 cm³/mol. The van der Waals surface area contributed by atoms with Gasteiger partial charge in [-0.25, -0.2) is 4.98 Å².